The molecule has 1 fully saturated rings. The van der Waals surface area contributed by atoms with E-state index in [1.165, 1.54) is 7.05 Å². The lowest BCUT2D eigenvalue weighted by molar-refractivity contribution is -0.124. The smallest absolute Gasteiger partial charge is 0.321 e. The van der Waals surface area contributed by atoms with Gasteiger partial charge in [0.25, 0.3) is 0 Å². The second kappa shape index (κ2) is 7.01. The fraction of sp³-hybridized carbons (Fsp3) is 0.533. The van der Waals surface area contributed by atoms with Crippen LogP contribution < -0.4 is 15.5 Å². The molecule has 1 saturated heterocycles. The number of aromatic nitrogens is 4. The van der Waals surface area contributed by atoms with Crippen LogP contribution in [0.1, 0.15) is 6.92 Å². The highest BCUT2D eigenvalue weighted by Crippen LogP contribution is 2.23. The molecule has 0 saturated carbocycles. The lowest BCUT2D eigenvalue weighted by atomic mass is 10.2. The quantitative estimate of drug-likeness (QED) is 0.759. The highest BCUT2D eigenvalue weighted by molar-refractivity contribution is 5.96. The molecule has 1 aliphatic heterocycles. The van der Waals surface area contributed by atoms with Crippen molar-refractivity contribution in [1.29, 1.82) is 0 Å². The molecular formula is C15H22N8O2. The maximum Gasteiger partial charge on any atom is 0.321 e. The van der Waals surface area contributed by atoms with Crippen molar-refractivity contribution < 1.29 is 9.59 Å². The van der Waals surface area contributed by atoms with E-state index in [1.807, 2.05) is 7.05 Å². The monoisotopic (exact) mass is 346 g/mol. The van der Waals surface area contributed by atoms with Gasteiger partial charge < -0.3 is 10.2 Å². The summed E-state index contributed by atoms with van der Waals surface area (Å²) in [5.74, 6) is 0.560. The van der Waals surface area contributed by atoms with E-state index in [-0.39, 0.29) is 11.9 Å². The molecule has 10 heteroatoms. The summed E-state index contributed by atoms with van der Waals surface area (Å²) in [5.41, 5.74) is 0.797. The van der Waals surface area contributed by atoms with Gasteiger partial charge in [-0.2, -0.15) is 5.10 Å². The van der Waals surface area contributed by atoms with Gasteiger partial charge in [0.1, 0.15) is 12.1 Å². The van der Waals surface area contributed by atoms with Crippen LogP contribution in [0.15, 0.2) is 12.5 Å². The molecule has 0 unspecified atom stereocenters. The Kier molecular flexibility index (Phi) is 4.79. The molecule has 0 aliphatic carbocycles. The van der Waals surface area contributed by atoms with E-state index in [2.05, 4.69) is 35.5 Å². The van der Waals surface area contributed by atoms with Gasteiger partial charge >= 0.3 is 6.03 Å². The molecular weight excluding hydrogens is 324 g/mol. The van der Waals surface area contributed by atoms with Gasteiger partial charge in [-0.25, -0.2) is 14.8 Å². The average Bonchev–Trinajstić information content (AvgIpc) is 3.02. The number of amides is 3. The molecule has 25 heavy (non-hydrogen) atoms. The standard InChI is InChI=1S/C15H22N8O2/c1-10(14(24)20-15(25)16-2)22-4-6-23(7-5-22)13-11-8-19-21(3)12(11)17-9-18-13/h8-10H,4-7H2,1-3H3,(H2,16,20,24,25)/t10-/m1/s1. The molecule has 0 radical (unpaired) electrons. The van der Waals surface area contributed by atoms with E-state index in [0.29, 0.717) is 13.1 Å². The summed E-state index contributed by atoms with van der Waals surface area (Å²) in [5, 5.41) is 9.86. The van der Waals surface area contributed by atoms with Gasteiger partial charge in [0.15, 0.2) is 5.65 Å². The van der Waals surface area contributed by atoms with Crippen LogP contribution in [-0.4, -0.2) is 75.9 Å². The number of carbonyl (C=O) groups is 2. The maximum absolute atomic E-state index is 12.1. The summed E-state index contributed by atoms with van der Waals surface area (Å²) in [7, 11) is 3.33. The molecule has 2 N–H and O–H groups in total. The van der Waals surface area contributed by atoms with Crippen LogP contribution in [0, 0.1) is 0 Å². The Balaban J connectivity index is 1.65. The molecule has 3 rings (SSSR count). The fourth-order valence-electron chi connectivity index (χ4n) is 2.97. The summed E-state index contributed by atoms with van der Waals surface area (Å²) < 4.78 is 1.72. The summed E-state index contributed by atoms with van der Waals surface area (Å²) in [6.45, 7) is 4.68. The zero-order valence-corrected chi connectivity index (χ0v) is 14.6. The van der Waals surface area contributed by atoms with Gasteiger partial charge in [-0.1, -0.05) is 0 Å². The van der Waals surface area contributed by atoms with Crippen molar-refractivity contribution in [2.45, 2.75) is 13.0 Å². The molecule has 10 nitrogen and oxygen atoms in total. The number of hydrogen-bond acceptors (Lipinski definition) is 7. The van der Waals surface area contributed by atoms with Crippen molar-refractivity contribution in [2.75, 3.05) is 38.1 Å². The number of rotatable bonds is 3. The average molecular weight is 346 g/mol. The first kappa shape index (κ1) is 17.1. The van der Waals surface area contributed by atoms with E-state index < -0.39 is 6.03 Å². The van der Waals surface area contributed by atoms with Crippen LogP contribution in [0.25, 0.3) is 11.0 Å². The number of carbonyl (C=O) groups excluding carboxylic acids is 2. The minimum atomic E-state index is -0.490. The van der Waals surface area contributed by atoms with E-state index in [4.69, 9.17) is 0 Å². The van der Waals surface area contributed by atoms with Crippen molar-refractivity contribution in [3.8, 4) is 0 Å². The van der Waals surface area contributed by atoms with Gasteiger partial charge in [-0.05, 0) is 6.92 Å². The SMILES string of the molecule is CNC(=O)NC(=O)[C@@H](C)N1CCN(c2ncnc3c2cnn3C)CC1. The molecule has 0 aromatic carbocycles. The third-order valence-electron chi connectivity index (χ3n) is 4.51. The fourth-order valence-corrected chi connectivity index (χ4v) is 2.97. The zero-order valence-electron chi connectivity index (χ0n) is 14.6. The first-order chi connectivity index (χ1) is 12.0. The number of fused-ring (bicyclic) bond motifs is 1. The number of nitrogens with zero attached hydrogens (tertiary/aromatic N) is 6. The van der Waals surface area contributed by atoms with Crippen LogP contribution in [0.3, 0.4) is 0 Å². The van der Waals surface area contributed by atoms with Crippen LogP contribution in [0.2, 0.25) is 0 Å². The summed E-state index contributed by atoms with van der Waals surface area (Å²) in [6.07, 6.45) is 3.32. The van der Waals surface area contributed by atoms with Crippen molar-refractivity contribution in [3.05, 3.63) is 12.5 Å². The van der Waals surface area contributed by atoms with Crippen molar-refractivity contribution in [2.24, 2.45) is 7.05 Å². The van der Waals surface area contributed by atoms with Crippen LogP contribution in [0.4, 0.5) is 10.6 Å². The van der Waals surface area contributed by atoms with Crippen LogP contribution in [-0.2, 0) is 11.8 Å². The third kappa shape index (κ3) is 3.38. The molecule has 3 heterocycles. The first-order valence-electron chi connectivity index (χ1n) is 8.15. The lowest BCUT2D eigenvalue weighted by Crippen LogP contribution is -2.55. The molecule has 2 aromatic rings. The minimum absolute atomic E-state index is 0.301. The van der Waals surface area contributed by atoms with Gasteiger partial charge in [-0.15, -0.1) is 0 Å². The van der Waals surface area contributed by atoms with Crippen LogP contribution >= 0.6 is 0 Å². The number of nitrogens with one attached hydrogen (secondary N) is 2. The van der Waals surface area contributed by atoms with Crippen LogP contribution in [0.5, 0.6) is 0 Å². The Bertz CT molecular complexity index is 781. The summed E-state index contributed by atoms with van der Waals surface area (Å²) in [6, 6.07) is -0.862. The van der Waals surface area contributed by atoms with E-state index in [0.717, 1.165) is 29.9 Å². The Labute approximate surface area is 145 Å². The second-order valence-electron chi connectivity index (χ2n) is 5.97. The Morgan fingerprint density at radius 1 is 1.20 bits per heavy atom. The molecule has 2 aromatic heterocycles. The normalized spacial score (nSPS) is 16.7. The maximum atomic E-state index is 12.1. The van der Waals surface area contributed by atoms with E-state index >= 15 is 0 Å². The first-order valence-corrected chi connectivity index (χ1v) is 8.15. The number of piperazine rings is 1. The van der Waals surface area contributed by atoms with Gasteiger partial charge in [0, 0.05) is 40.3 Å². The number of urea groups is 1. The topological polar surface area (TPSA) is 108 Å². The molecule has 0 spiro atoms. The molecule has 134 valence electrons. The van der Waals surface area contributed by atoms with E-state index in [9.17, 15) is 9.59 Å². The van der Waals surface area contributed by atoms with Crippen molar-refractivity contribution in [3.63, 3.8) is 0 Å². The van der Waals surface area contributed by atoms with Crippen molar-refractivity contribution in [1.82, 2.24) is 35.3 Å². The Morgan fingerprint density at radius 2 is 1.92 bits per heavy atom. The predicted octanol–water partition coefficient (Wildman–Crippen LogP) is -0.671. The number of imide groups is 1. The molecule has 0 bridgehead atoms. The lowest BCUT2D eigenvalue weighted by Gasteiger charge is -2.37. The number of hydrogen-bond donors (Lipinski definition) is 2. The second-order valence-corrected chi connectivity index (χ2v) is 5.97. The summed E-state index contributed by atoms with van der Waals surface area (Å²) >= 11 is 0. The number of anilines is 1. The zero-order chi connectivity index (χ0) is 18.0. The predicted molar refractivity (Wildman–Crippen MR) is 92.2 cm³/mol. The molecule has 1 atom stereocenters. The largest absolute Gasteiger partial charge is 0.353 e. The van der Waals surface area contributed by atoms with E-state index in [1.54, 1.807) is 24.1 Å². The Morgan fingerprint density at radius 3 is 2.60 bits per heavy atom. The van der Waals surface area contributed by atoms with Crippen molar-refractivity contribution >= 4 is 28.8 Å². The minimum Gasteiger partial charge on any atom is -0.353 e. The van der Waals surface area contributed by atoms with Gasteiger partial charge in [0.05, 0.1) is 17.6 Å². The highest BCUT2D eigenvalue weighted by atomic mass is 16.2. The Hall–Kier alpha value is -2.75. The third-order valence-corrected chi connectivity index (χ3v) is 4.51. The van der Waals surface area contributed by atoms with Gasteiger partial charge in [-0.3, -0.25) is 19.7 Å². The van der Waals surface area contributed by atoms with Gasteiger partial charge in [0.2, 0.25) is 5.91 Å². The summed E-state index contributed by atoms with van der Waals surface area (Å²) in [4.78, 5) is 36.3. The molecule has 3 amide bonds. The number of aryl methyl sites for hydroxylation is 1. The highest BCUT2D eigenvalue weighted by Gasteiger charge is 2.27. The molecule has 1 aliphatic rings.